The summed E-state index contributed by atoms with van der Waals surface area (Å²) in [5.41, 5.74) is 36.4. The molecule has 1 saturated heterocycles. The highest BCUT2D eigenvalue weighted by Crippen LogP contribution is 2.26. The number of aromatic amines is 2. The predicted octanol–water partition coefficient (Wildman–Crippen LogP) is -6.80. The molecule has 1 aliphatic rings. The van der Waals surface area contributed by atoms with Crippen LogP contribution >= 0.6 is 0 Å². The summed E-state index contributed by atoms with van der Waals surface area (Å²) >= 11 is 0. The van der Waals surface area contributed by atoms with Crippen LogP contribution in [0.25, 0.3) is 21.8 Å². The Balaban J connectivity index is 1.24. The number of amides is 18. The fourth-order valence-corrected chi connectivity index (χ4v) is 16.2. The highest BCUT2D eigenvalue weighted by atomic mass is 16.4. The van der Waals surface area contributed by atoms with E-state index in [1.165, 1.54) is 30.5 Å². The van der Waals surface area contributed by atoms with E-state index >= 15 is 24.0 Å². The van der Waals surface area contributed by atoms with Crippen LogP contribution in [0.4, 0.5) is 0 Å². The van der Waals surface area contributed by atoms with Gasteiger partial charge in [0.15, 0.2) is 11.9 Å². The fourth-order valence-electron chi connectivity index (χ4n) is 16.2. The third kappa shape index (κ3) is 41.0. The van der Waals surface area contributed by atoms with Gasteiger partial charge in [0.1, 0.15) is 96.4 Å². The lowest BCUT2D eigenvalue weighted by Gasteiger charge is -2.31. The van der Waals surface area contributed by atoms with Crippen LogP contribution in [0, 0.1) is 22.7 Å². The summed E-state index contributed by atoms with van der Waals surface area (Å²) in [6.07, 6.45) is -8.21. The summed E-state index contributed by atoms with van der Waals surface area (Å²) in [6.45, 7) is 8.31. The Bertz CT molecular complexity index is 5670. The Kier molecular flexibility index (Phi) is 48.7. The van der Waals surface area contributed by atoms with E-state index in [-0.39, 0.29) is 95.5 Å². The number of phenolic OH excluding ortho intramolecular Hbond substituents is 1. The molecule has 0 radical (unpaired) electrons. The molecule has 17 atom stereocenters. The van der Waals surface area contributed by atoms with Gasteiger partial charge in [0.25, 0.3) is 0 Å². The first-order chi connectivity index (χ1) is 70.7. The van der Waals surface area contributed by atoms with Gasteiger partial charge in [-0.3, -0.25) is 112 Å². The number of carbonyl (C=O) groups excluding carboxylic acids is 18. The van der Waals surface area contributed by atoms with Crippen molar-refractivity contribution in [1.29, 1.82) is 10.8 Å². The number of H-pyrrole nitrogens is 2. The van der Waals surface area contributed by atoms with E-state index in [2.05, 4.69) is 95.0 Å². The number of phenols is 1. The first-order valence-corrected chi connectivity index (χ1v) is 48.5. The van der Waals surface area contributed by atoms with Crippen LogP contribution in [-0.4, -0.2) is 310 Å². The molecule has 1 aliphatic heterocycles. The van der Waals surface area contributed by atoms with Crippen molar-refractivity contribution < 1.29 is 136 Å². The number of carboxylic acid groups (broad SMARTS) is 4. The molecule has 3 heterocycles. The van der Waals surface area contributed by atoms with Crippen LogP contribution in [0.3, 0.4) is 0 Å². The van der Waals surface area contributed by atoms with Crippen molar-refractivity contribution in [3.63, 3.8) is 0 Å². The number of para-hydroxylation sites is 2. The Morgan fingerprint density at radius 3 is 1.21 bits per heavy atom. The molecule has 2 aromatic heterocycles. The van der Waals surface area contributed by atoms with E-state index in [9.17, 15) is 112 Å². The molecular formula is C95H137N27O28. The van der Waals surface area contributed by atoms with Gasteiger partial charge in [-0.25, -0.2) is 4.79 Å². The molecule has 0 spiro atoms. The molecule has 55 heteroatoms. The number of aliphatic hydroxyl groups excluding tert-OH is 1. The molecule has 17 unspecified atom stereocenters. The number of rotatable bonds is 65. The molecule has 150 heavy (non-hydrogen) atoms. The zero-order valence-corrected chi connectivity index (χ0v) is 83.6. The number of hydrogen-bond acceptors (Lipinski definition) is 27. The Labute approximate surface area is 859 Å². The van der Waals surface area contributed by atoms with Crippen LogP contribution < -0.4 is 119 Å². The number of benzene rings is 3. The molecule has 55 nitrogen and oxygen atoms in total. The fraction of sp³-hybridized carbons (Fsp3) is 0.516. The first-order valence-electron chi connectivity index (χ1n) is 48.5. The van der Waals surface area contributed by atoms with Gasteiger partial charge in [0, 0.05) is 92.4 Å². The lowest BCUT2D eigenvalue weighted by Crippen LogP contribution is -2.62. The number of fused-ring (bicyclic) bond motifs is 2. The smallest absolute Gasteiger partial charge is 0.326 e. The van der Waals surface area contributed by atoms with Gasteiger partial charge in [-0.05, 0) is 150 Å². The van der Waals surface area contributed by atoms with Gasteiger partial charge in [0.2, 0.25) is 106 Å². The van der Waals surface area contributed by atoms with Crippen molar-refractivity contribution in [2.75, 3.05) is 19.6 Å². The number of aromatic hydroxyl groups is 1. The van der Waals surface area contributed by atoms with Gasteiger partial charge < -0.3 is 165 Å². The lowest BCUT2D eigenvalue weighted by molar-refractivity contribution is -0.147. The Morgan fingerprint density at radius 1 is 0.393 bits per heavy atom. The number of nitrogens with zero attached hydrogens (tertiary/aromatic N) is 1. The monoisotopic (exact) mass is 2100 g/mol. The molecule has 0 bridgehead atoms. The average Bonchev–Trinajstić information content (AvgIpc) is 1.64. The quantitative estimate of drug-likeness (QED) is 0.00977. The van der Waals surface area contributed by atoms with E-state index in [4.69, 9.17) is 45.2 Å². The number of likely N-dealkylation sites (tertiary alicyclic amines) is 1. The van der Waals surface area contributed by atoms with Crippen molar-refractivity contribution in [2.24, 2.45) is 46.2 Å². The summed E-state index contributed by atoms with van der Waals surface area (Å²) < 4.78 is 0. The van der Waals surface area contributed by atoms with Gasteiger partial charge in [0.05, 0.1) is 25.0 Å². The van der Waals surface area contributed by atoms with E-state index < -0.39 is 321 Å². The molecule has 0 saturated carbocycles. The number of aliphatic hydroxyl groups is 1. The number of primary amides is 3. The van der Waals surface area contributed by atoms with Crippen molar-refractivity contribution in [3.8, 4) is 5.75 Å². The number of hydrogen-bond donors (Lipinski definition) is 32. The number of carbonyl (C=O) groups is 22. The van der Waals surface area contributed by atoms with Crippen molar-refractivity contribution in [3.05, 3.63) is 102 Å². The second-order valence-electron chi connectivity index (χ2n) is 37.2. The molecule has 820 valence electrons. The minimum Gasteiger partial charge on any atom is -0.508 e. The molecule has 1 fully saturated rings. The highest BCUT2D eigenvalue weighted by Gasteiger charge is 2.44. The second-order valence-corrected chi connectivity index (χ2v) is 37.2. The molecule has 18 amide bonds. The summed E-state index contributed by atoms with van der Waals surface area (Å²) in [7, 11) is 0. The Hall–Kier alpha value is -16.7. The van der Waals surface area contributed by atoms with Crippen molar-refractivity contribution in [1.82, 2.24) is 99.9 Å². The maximum absolute atomic E-state index is 15.4. The van der Waals surface area contributed by atoms with E-state index in [1.807, 2.05) is 0 Å². The summed E-state index contributed by atoms with van der Waals surface area (Å²) in [5, 5.41) is 116. The molecule has 5 aromatic rings. The predicted molar refractivity (Wildman–Crippen MR) is 534 cm³/mol. The standard InChI is InChI=1S/C95H137N27O28/c1-45(2)36-64(117-84(140)61(26-30-72(98)126)112-81(137)58(18-11-33-104-94(100)101)111-88(144)67(41-73(99)127)115-79(135)55(96)39-50-43-106-56-16-9-7-14-53(50)56)86(142)119-68(38-49-21-23-52(124)24-22-49)92(148)122-35-13-20-70(122)90(146)113-63(28-32-75(130)131)85(141)118-66(40-51-44-107-57-17-10-8-15-54(51)57)89(145)121-77(48(6)123)91(147)114-62(27-31-74(128)129)80(136)108-47(5)78(134)109-60(25-29-71(97)125)83(139)110-59(19-12-34-105-95(102)103)82(138)116-65(37-46(3)4)87(143)120-69(93(149)150)42-76(132)133/h7-10,14-17,21-24,43-48,55,58-70,77,106-107,123-124H,11-13,18-20,25-42,96H2,1-6H3,(H2,97,125)(H2,98,126)(H2,99,127)(H,108,136)(H,109,134)(H,110,139)(H,111,144)(H,112,137)(H,113,146)(H,114,147)(H,115,135)(H,116,138)(H,117,140)(H,118,141)(H,119,142)(H,120,143)(H,121,145)(H,128,129)(H,130,131)(H,132,133)(H,149,150)(H4,100,101,104)(H4,102,103,105). The van der Waals surface area contributed by atoms with E-state index in [1.54, 1.807) is 82.4 Å². The topological polar surface area (TPSA) is 928 Å². The molecule has 0 aliphatic carbocycles. The summed E-state index contributed by atoms with van der Waals surface area (Å²) in [4.78, 5) is 311. The van der Waals surface area contributed by atoms with Crippen LogP contribution in [0.15, 0.2) is 85.2 Å². The van der Waals surface area contributed by atoms with Crippen LogP contribution in [0.5, 0.6) is 5.75 Å². The molecular weight excluding hydrogens is 1970 g/mol. The number of nitrogens with one attached hydrogen (secondary N) is 20. The molecule has 6 rings (SSSR count). The maximum atomic E-state index is 15.4. The highest BCUT2D eigenvalue weighted by molar-refractivity contribution is 6.03. The van der Waals surface area contributed by atoms with E-state index in [0.717, 1.165) is 29.7 Å². The number of guanidine groups is 2. The van der Waals surface area contributed by atoms with Crippen molar-refractivity contribution in [2.45, 2.75) is 279 Å². The van der Waals surface area contributed by atoms with Gasteiger partial charge in [-0.15, -0.1) is 0 Å². The first kappa shape index (κ1) is 122. The minimum absolute atomic E-state index is 0.0190. The van der Waals surface area contributed by atoms with Crippen LogP contribution in [0.2, 0.25) is 0 Å². The normalized spacial score (nSPS) is 15.4. The number of aliphatic carboxylic acids is 4. The molecule has 3 aromatic carbocycles. The second kappa shape index (κ2) is 59.8. The van der Waals surface area contributed by atoms with Crippen LogP contribution in [0.1, 0.15) is 174 Å². The van der Waals surface area contributed by atoms with Gasteiger partial charge >= 0.3 is 23.9 Å². The van der Waals surface area contributed by atoms with Gasteiger partial charge in [-0.1, -0.05) is 76.2 Å². The van der Waals surface area contributed by atoms with Gasteiger partial charge in [-0.2, -0.15) is 0 Å². The molecule has 38 N–H and O–H groups in total. The minimum atomic E-state index is -2.14. The Morgan fingerprint density at radius 2 is 0.773 bits per heavy atom. The largest absolute Gasteiger partial charge is 0.508 e. The third-order valence-electron chi connectivity index (χ3n) is 24.0. The number of nitrogens with two attached hydrogens (primary N) is 6. The zero-order chi connectivity index (χ0) is 112. The zero-order valence-electron chi connectivity index (χ0n) is 83.6. The maximum Gasteiger partial charge on any atom is 0.326 e. The number of carboxylic acids is 4. The summed E-state index contributed by atoms with van der Waals surface area (Å²) in [5.74, 6) is -28.5. The van der Waals surface area contributed by atoms with Crippen molar-refractivity contribution >= 4 is 164 Å². The van der Waals surface area contributed by atoms with E-state index in [0.29, 0.717) is 27.6 Å². The average molecular weight is 2110 g/mol. The third-order valence-corrected chi connectivity index (χ3v) is 24.0. The number of aromatic nitrogens is 2. The lowest BCUT2D eigenvalue weighted by atomic mass is 9.99. The van der Waals surface area contributed by atoms with Crippen LogP contribution in [-0.2, 0) is 125 Å². The SMILES string of the molecule is CC(C)CC(NC(=O)C(CCCNC(=N)N)NC(=O)C(CCC(N)=O)NC(=O)C(C)NC(=O)C(CCC(=O)O)NC(=O)C(NC(=O)C(Cc1c[nH]c2ccccc12)NC(=O)C(CCC(=O)O)NC(=O)C1CCCN1C(=O)C(Cc1ccc(O)cc1)NC(=O)C(CC(C)C)NC(=O)C(CCC(N)=O)NC(=O)C(CCCNC(=N)N)NC(=O)C(CC(N)=O)NC(=O)C(N)Cc1c[nH]c2ccccc12)C(C)O)C(=O)NC(CC(=O)O)C(=O)O. The summed E-state index contributed by atoms with van der Waals surface area (Å²) in [6, 6.07) is -8.78.